The third-order valence-corrected chi connectivity index (χ3v) is 1.07. The molecular weight excluding hydrogens is 163 g/mol. The summed E-state index contributed by atoms with van der Waals surface area (Å²) in [6.45, 7) is 0. The lowest BCUT2D eigenvalue weighted by Gasteiger charge is -1.82. The molecule has 0 unspecified atom stereocenters. The molecule has 0 radical (unpaired) electrons. The van der Waals surface area contributed by atoms with Gasteiger partial charge < -0.3 is 0 Å². The fourth-order valence-corrected chi connectivity index (χ4v) is 0.486. The van der Waals surface area contributed by atoms with Crippen molar-refractivity contribution < 1.29 is 9.18 Å². The first-order valence-electron chi connectivity index (χ1n) is 2.01. The number of halogens is 2. The normalized spacial score (nSPS) is 8.86. The quantitative estimate of drug-likeness (QED) is 0.463. The summed E-state index contributed by atoms with van der Waals surface area (Å²) in [5, 5.41) is 0.697. The molecular formula is C4H6BrFO. The monoisotopic (exact) mass is 168 g/mol. The average Bonchev–Trinajstić information content (AvgIpc) is 1.61. The minimum absolute atomic E-state index is 0.0469. The Labute approximate surface area is 50.0 Å². The molecule has 0 heterocycles. The highest BCUT2D eigenvalue weighted by Gasteiger charge is 1.93. The molecule has 0 aliphatic heterocycles. The molecule has 0 aromatic rings. The fraction of sp³-hybridized carbons (Fsp3) is 0.750. The molecule has 0 fully saturated rings. The lowest BCUT2D eigenvalue weighted by molar-refractivity contribution is -0.129. The molecule has 0 aromatic carbocycles. The van der Waals surface area contributed by atoms with Gasteiger partial charge >= 0.3 is 6.04 Å². The van der Waals surface area contributed by atoms with Gasteiger partial charge in [-0.3, -0.25) is 4.79 Å². The standard InChI is InChI=1S/C4H6BrFO/c5-3-1-2-4(6)7/h1-3H2. The van der Waals surface area contributed by atoms with E-state index in [4.69, 9.17) is 0 Å². The van der Waals surface area contributed by atoms with Crippen LogP contribution < -0.4 is 0 Å². The van der Waals surface area contributed by atoms with E-state index in [2.05, 4.69) is 15.9 Å². The van der Waals surface area contributed by atoms with Gasteiger partial charge in [-0.05, 0) is 6.42 Å². The van der Waals surface area contributed by atoms with Crippen LogP contribution >= 0.6 is 15.9 Å². The molecule has 0 saturated heterocycles. The minimum Gasteiger partial charge on any atom is -0.261 e. The summed E-state index contributed by atoms with van der Waals surface area (Å²) in [4.78, 5) is 9.52. The van der Waals surface area contributed by atoms with Gasteiger partial charge in [0.25, 0.3) is 0 Å². The molecule has 0 amide bonds. The van der Waals surface area contributed by atoms with Crippen molar-refractivity contribution >= 4 is 22.0 Å². The predicted molar refractivity (Wildman–Crippen MR) is 29.1 cm³/mol. The zero-order valence-corrected chi connectivity index (χ0v) is 5.37. The van der Waals surface area contributed by atoms with E-state index in [-0.39, 0.29) is 6.42 Å². The van der Waals surface area contributed by atoms with Gasteiger partial charge in [-0.25, -0.2) is 0 Å². The molecule has 7 heavy (non-hydrogen) atoms. The van der Waals surface area contributed by atoms with Gasteiger partial charge in [0.2, 0.25) is 0 Å². The van der Waals surface area contributed by atoms with Crippen LogP contribution in [0.3, 0.4) is 0 Å². The largest absolute Gasteiger partial charge is 0.301 e. The van der Waals surface area contributed by atoms with Crippen LogP contribution in [-0.2, 0) is 4.79 Å². The summed E-state index contributed by atoms with van der Waals surface area (Å²) < 4.78 is 11.2. The van der Waals surface area contributed by atoms with E-state index < -0.39 is 6.04 Å². The number of carbonyl (C=O) groups excluding carboxylic acids is 1. The molecule has 3 heteroatoms. The molecule has 0 atom stereocenters. The van der Waals surface area contributed by atoms with E-state index in [0.717, 1.165) is 0 Å². The molecule has 0 aromatic heterocycles. The van der Waals surface area contributed by atoms with Gasteiger partial charge in [0, 0.05) is 11.8 Å². The topological polar surface area (TPSA) is 17.1 Å². The predicted octanol–water partition coefficient (Wildman–Crippen LogP) is 1.66. The molecule has 0 bridgehead atoms. The lowest BCUT2D eigenvalue weighted by Crippen LogP contribution is -1.86. The SMILES string of the molecule is O=C(F)CCCBr. The molecule has 0 spiro atoms. The van der Waals surface area contributed by atoms with Gasteiger partial charge in [0.15, 0.2) is 0 Å². The van der Waals surface area contributed by atoms with Gasteiger partial charge in [-0.1, -0.05) is 15.9 Å². The Morgan fingerprint density at radius 2 is 2.29 bits per heavy atom. The number of rotatable bonds is 3. The fourth-order valence-electron chi connectivity index (χ4n) is 0.206. The van der Waals surface area contributed by atoms with Gasteiger partial charge in [0.05, 0.1) is 0 Å². The van der Waals surface area contributed by atoms with Crippen LogP contribution in [0.25, 0.3) is 0 Å². The summed E-state index contributed by atoms with van der Waals surface area (Å²) in [7, 11) is 0. The third kappa shape index (κ3) is 6.08. The maximum absolute atomic E-state index is 11.2. The summed E-state index contributed by atoms with van der Waals surface area (Å²) in [6.07, 6.45) is 0.639. The van der Waals surface area contributed by atoms with Crippen molar-refractivity contribution in [2.24, 2.45) is 0 Å². The molecule has 0 rings (SSSR count). The third-order valence-electron chi connectivity index (χ3n) is 0.507. The Hall–Kier alpha value is 0.0800. The van der Waals surface area contributed by atoms with Crippen LogP contribution in [0.1, 0.15) is 12.8 Å². The van der Waals surface area contributed by atoms with E-state index in [1.807, 2.05) is 0 Å². The molecule has 1 nitrogen and oxygen atoms in total. The molecule has 0 aliphatic rings. The lowest BCUT2D eigenvalue weighted by atomic mass is 10.4. The first-order chi connectivity index (χ1) is 3.27. The Morgan fingerprint density at radius 3 is 2.43 bits per heavy atom. The van der Waals surface area contributed by atoms with Crippen molar-refractivity contribution in [3.8, 4) is 0 Å². The minimum atomic E-state index is -1.22. The summed E-state index contributed by atoms with van der Waals surface area (Å²) in [6, 6.07) is -1.22. The van der Waals surface area contributed by atoms with Crippen molar-refractivity contribution in [3.63, 3.8) is 0 Å². The summed E-state index contributed by atoms with van der Waals surface area (Å²) >= 11 is 3.06. The van der Waals surface area contributed by atoms with Crippen LogP contribution in [0.15, 0.2) is 0 Å². The van der Waals surface area contributed by atoms with Crippen molar-refractivity contribution in [1.82, 2.24) is 0 Å². The van der Waals surface area contributed by atoms with Gasteiger partial charge in [-0.2, -0.15) is 4.39 Å². The molecule has 0 saturated carbocycles. The second kappa shape index (κ2) is 4.24. The van der Waals surface area contributed by atoms with E-state index >= 15 is 0 Å². The van der Waals surface area contributed by atoms with Crippen molar-refractivity contribution in [2.75, 3.05) is 5.33 Å². The number of hydrogen-bond donors (Lipinski definition) is 0. The van der Waals surface area contributed by atoms with Crippen molar-refractivity contribution in [3.05, 3.63) is 0 Å². The van der Waals surface area contributed by atoms with Crippen LogP contribution in [0.2, 0.25) is 0 Å². The smallest absolute Gasteiger partial charge is 0.261 e. The zero-order chi connectivity index (χ0) is 5.70. The molecule has 0 aliphatic carbocycles. The number of alkyl halides is 1. The molecule has 0 N–H and O–H groups in total. The molecule has 42 valence electrons. The summed E-state index contributed by atoms with van der Waals surface area (Å²) in [5.74, 6) is 0. The van der Waals surface area contributed by atoms with Crippen molar-refractivity contribution in [2.45, 2.75) is 12.8 Å². The summed E-state index contributed by atoms with van der Waals surface area (Å²) in [5.41, 5.74) is 0. The second-order valence-corrected chi connectivity index (χ2v) is 1.94. The highest BCUT2D eigenvalue weighted by Crippen LogP contribution is 1.94. The van der Waals surface area contributed by atoms with Gasteiger partial charge in [-0.15, -0.1) is 0 Å². The van der Waals surface area contributed by atoms with E-state index in [0.29, 0.717) is 11.8 Å². The maximum atomic E-state index is 11.2. The zero-order valence-electron chi connectivity index (χ0n) is 3.79. The van der Waals surface area contributed by atoms with E-state index in [9.17, 15) is 9.18 Å². The highest BCUT2D eigenvalue weighted by atomic mass is 79.9. The van der Waals surface area contributed by atoms with Crippen LogP contribution in [0, 0.1) is 0 Å². The Morgan fingerprint density at radius 1 is 1.71 bits per heavy atom. The second-order valence-electron chi connectivity index (χ2n) is 1.15. The Balaban J connectivity index is 2.82. The van der Waals surface area contributed by atoms with Crippen LogP contribution in [0.4, 0.5) is 4.39 Å². The average molecular weight is 169 g/mol. The Bertz CT molecular complexity index is 64.7. The van der Waals surface area contributed by atoms with Crippen LogP contribution in [0.5, 0.6) is 0 Å². The highest BCUT2D eigenvalue weighted by molar-refractivity contribution is 9.09. The van der Waals surface area contributed by atoms with Gasteiger partial charge in [0.1, 0.15) is 0 Å². The van der Waals surface area contributed by atoms with Crippen LogP contribution in [-0.4, -0.2) is 11.4 Å². The van der Waals surface area contributed by atoms with E-state index in [1.54, 1.807) is 0 Å². The Kier molecular flexibility index (Phi) is 4.29. The van der Waals surface area contributed by atoms with E-state index in [1.165, 1.54) is 0 Å². The maximum Gasteiger partial charge on any atom is 0.301 e. The first-order valence-corrected chi connectivity index (χ1v) is 3.14. The van der Waals surface area contributed by atoms with Crippen molar-refractivity contribution in [1.29, 1.82) is 0 Å². The number of carbonyl (C=O) groups is 1. The number of hydrogen-bond acceptors (Lipinski definition) is 1. The first kappa shape index (κ1) is 7.08.